The van der Waals surface area contributed by atoms with Crippen molar-refractivity contribution < 1.29 is 24.2 Å². The van der Waals surface area contributed by atoms with Crippen LogP contribution in [0.4, 0.5) is 0 Å². The summed E-state index contributed by atoms with van der Waals surface area (Å²) in [6, 6.07) is 4.59. The quantitative estimate of drug-likeness (QED) is 0.755. The van der Waals surface area contributed by atoms with Gasteiger partial charge in [-0.2, -0.15) is 0 Å². The predicted octanol–water partition coefficient (Wildman–Crippen LogP) is 1.29. The molecule has 116 valence electrons. The summed E-state index contributed by atoms with van der Waals surface area (Å²) < 4.78 is 10.2. The zero-order valence-corrected chi connectivity index (χ0v) is 12.5. The standard InChI is InChI=1S/C15H21NO5/c1-10-5-4-6-13(11(10)2)21-9-14(17)16-12(15(18)19)7-8-20-3/h4-6,12H,7-9H2,1-3H3,(H,16,17)(H,18,19). The fourth-order valence-corrected chi connectivity index (χ4v) is 1.75. The molecule has 6 heteroatoms. The van der Waals surface area contributed by atoms with Crippen LogP contribution in [0.2, 0.25) is 0 Å². The fraction of sp³-hybridized carbons (Fsp3) is 0.467. The van der Waals surface area contributed by atoms with Crippen LogP contribution in [-0.2, 0) is 14.3 Å². The van der Waals surface area contributed by atoms with E-state index in [0.29, 0.717) is 5.75 Å². The molecule has 1 aromatic carbocycles. The number of methoxy groups -OCH3 is 1. The van der Waals surface area contributed by atoms with Gasteiger partial charge in [0.05, 0.1) is 0 Å². The number of hydrogen-bond acceptors (Lipinski definition) is 4. The van der Waals surface area contributed by atoms with Crippen molar-refractivity contribution in [3.8, 4) is 5.75 Å². The van der Waals surface area contributed by atoms with E-state index in [9.17, 15) is 9.59 Å². The molecule has 1 amide bonds. The molecule has 0 aliphatic carbocycles. The molecule has 0 radical (unpaired) electrons. The van der Waals surface area contributed by atoms with Gasteiger partial charge in [-0.3, -0.25) is 4.79 Å². The lowest BCUT2D eigenvalue weighted by Gasteiger charge is -2.15. The summed E-state index contributed by atoms with van der Waals surface area (Å²) in [7, 11) is 1.48. The number of hydrogen-bond donors (Lipinski definition) is 2. The molecular weight excluding hydrogens is 274 g/mol. The van der Waals surface area contributed by atoms with Crippen molar-refractivity contribution in [1.82, 2.24) is 5.32 Å². The van der Waals surface area contributed by atoms with Gasteiger partial charge < -0.3 is 19.9 Å². The number of amides is 1. The van der Waals surface area contributed by atoms with Crippen molar-refractivity contribution in [2.45, 2.75) is 26.3 Å². The minimum absolute atomic E-state index is 0.209. The largest absolute Gasteiger partial charge is 0.483 e. The van der Waals surface area contributed by atoms with Gasteiger partial charge in [-0.15, -0.1) is 0 Å². The normalized spacial score (nSPS) is 11.8. The van der Waals surface area contributed by atoms with Crippen molar-refractivity contribution in [3.05, 3.63) is 29.3 Å². The molecule has 21 heavy (non-hydrogen) atoms. The fourth-order valence-electron chi connectivity index (χ4n) is 1.75. The molecule has 0 spiro atoms. The highest BCUT2D eigenvalue weighted by atomic mass is 16.5. The van der Waals surface area contributed by atoms with Crippen molar-refractivity contribution >= 4 is 11.9 Å². The van der Waals surface area contributed by atoms with Crippen LogP contribution in [-0.4, -0.2) is 43.3 Å². The average molecular weight is 295 g/mol. The number of carboxylic acid groups (broad SMARTS) is 1. The highest BCUT2D eigenvalue weighted by Crippen LogP contribution is 2.20. The van der Waals surface area contributed by atoms with Crippen molar-refractivity contribution in [2.24, 2.45) is 0 Å². The SMILES string of the molecule is COCCC(NC(=O)COc1cccc(C)c1C)C(=O)O. The van der Waals surface area contributed by atoms with Crippen LogP contribution < -0.4 is 10.1 Å². The van der Waals surface area contributed by atoms with Gasteiger partial charge in [0.25, 0.3) is 5.91 Å². The second-order valence-corrected chi connectivity index (χ2v) is 4.73. The molecule has 0 heterocycles. The zero-order chi connectivity index (χ0) is 15.8. The number of aliphatic carboxylic acids is 1. The maximum atomic E-state index is 11.8. The number of nitrogens with one attached hydrogen (secondary N) is 1. The van der Waals surface area contributed by atoms with E-state index in [1.807, 2.05) is 26.0 Å². The Balaban J connectivity index is 2.52. The van der Waals surface area contributed by atoms with E-state index < -0.39 is 17.9 Å². The van der Waals surface area contributed by atoms with E-state index >= 15 is 0 Å². The zero-order valence-electron chi connectivity index (χ0n) is 12.5. The molecule has 0 aliphatic heterocycles. The molecule has 1 aromatic rings. The maximum absolute atomic E-state index is 11.8. The van der Waals surface area contributed by atoms with Crippen LogP contribution in [0.3, 0.4) is 0 Å². The summed E-state index contributed by atoms with van der Waals surface area (Å²) >= 11 is 0. The van der Waals surface area contributed by atoms with E-state index in [4.69, 9.17) is 14.6 Å². The van der Waals surface area contributed by atoms with Gasteiger partial charge in [0.15, 0.2) is 6.61 Å². The van der Waals surface area contributed by atoms with E-state index in [2.05, 4.69) is 5.32 Å². The second-order valence-electron chi connectivity index (χ2n) is 4.73. The Morgan fingerprint density at radius 2 is 2.05 bits per heavy atom. The van der Waals surface area contributed by atoms with Crippen molar-refractivity contribution in [3.63, 3.8) is 0 Å². The van der Waals surface area contributed by atoms with Gasteiger partial charge in [0.1, 0.15) is 11.8 Å². The summed E-state index contributed by atoms with van der Waals surface area (Å²) in [5.74, 6) is -0.944. The van der Waals surface area contributed by atoms with Gasteiger partial charge in [0.2, 0.25) is 0 Å². The first-order chi connectivity index (χ1) is 9.95. The van der Waals surface area contributed by atoms with Crippen molar-refractivity contribution in [2.75, 3.05) is 20.3 Å². The Hall–Kier alpha value is -2.08. The third kappa shape index (κ3) is 5.43. The number of carbonyl (C=O) groups excluding carboxylic acids is 1. The molecule has 1 unspecified atom stereocenters. The molecule has 0 saturated heterocycles. The number of aryl methyl sites for hydroxylation is 1. The van der Waals surface area contributed by atoms with Gasteiger partial charge >= 0.3 is 5.97 Å². The monoisotopic (exact) mass is 295 g/mol. The Morgan fingerprint density at radius 1 is 1.33 bits per heavy atom. The number of benzene rings is 1. The first kappa shape index (κ1) is 17.0. The first-order valence-corrected chi connectivity index (χ1v) is 6.65. The van der Waals surface area contributed by atoms with Gasteiger partial charge in [-0.1, -0.05) is 12.1 Å². The lowest BCUT2D eigenvalue weighted by atomic mass is 10.1. The van der Waals surface area contributed by atoms with Crippen molar-refractivity contribution in [1.29, 1.82) is 0 Å². The molecule has 2 N–H and O–H groups in total. The number of rotatable bonds is 8. The van der Waals surface area contributed by atoms with Crippen LogP contribution in [0.25, 0.3) is 0 Å². The molecule has 1 rings (SSSR count). The van der Waals surface area contributed by atoms with Gasteiger partial charge in [0, 0.05) is 20.1 Å². The summed E-state index contributed by atoms with van der Waals surface area (Å²) in [6.07, 6.45) is 0.209. The Kier molecular flexibility index (Phi) is 6.68. The summed E-state index contributed by atoms with van der Waals surface area (Å²) in [4.78, 5) is 22.8. The van der Waals surface area contributed by atoms with Crippen LogP contribution in [0, 0.1) is 13.8 Å². The van der Waals surface area contributed by atoms with E-state index in [1.54, 1.807) is 6.07 Å². The average Bonchev–Trinajstić information content (AvgIpc) is 2.44. The number of carboxylic acids is 1. The second kappa shape index (κ2) is 8.26. The summed E-state index contributed by atoms with van der Waals surface area (Å²) in [5.41, 5.74) is 2.02. The Morgan fingerprint density at radius 3 is 2.67 bits per heavy atom. The molecule has 0 saturated carbocycles. The Bertz CT molecular complexity index is 501. The highest BCUT2D eigenvalue weighted by Gasteiger charge is 2.19. The highest BCUT2D eigenvalue weighted by molar-refractivity contribution is 5.84. The van der Waals surface area contributed by atoms with Crippen LogP contribution in [0.15, 0.2) is 18.2 Å². The topological polar surface area (TPSA) is 84.9 Å². The minimum Gasteiger partial charge on any atom is -0.483 e. The van der Waals surface area contributed by atoms with E-state index in [1.165, 1.54) is 7.11 Å². The lowest BCUT2D eigenvalue weighted by Crippen LogP contribution is -2.43. The molecule has 1 atom stereocenters. The molecular formula is C15H21NO5. The third-order valence-electron chi connectivity index (χ3n) is 3.16. The van der Waals surface area contributed by atoms with Gasteiger partial charge in [-0.25, -0.2) is 4.79 Å². The predicted molar refractivity (Wildman–Crippen MR) is 77.5 cm³/mol. The van der Waals surface area contributed by atoms with Crippen LogP contribution >= 0.6 is 0 Å². The first-order valence-electron chi connectivity index (χ1n) is 6.65. The molecule has 6 nitrogen and oxygen atoms in total. The van der Waals surface area contributed by atoms with E-state index in [-0.39, 0.29) is 19.6 Å². The smallest absolute Gasteiger partial charge is 0.326 e. The minimum atomic E-state index is -1.09. The lowest BCUT2D eigenvalue weighted by molar-refractivity contribution is -0.142. The molecule has 0 aliphatic rings. The maximum Gasteiger partial charge on any atom is 0.326 e. The Labute approximate surface area is 124 Å². The van der Waals surface area contributed by atoms with E-state index in [0.717, 1.165) is 11.1 Å². The summed E-state index contributed by atoms with van der Waals surface area (Å²) in [5, 5.41) is 11.4. The molecule has 0 aromatic heterocycles. The van der Waals surface area contributed by atoms with Crippen LogP contribution in [0.5, 0.6) is 5.75 Å². The number of carbonyl (C=O) groups is 2. The third-order valence-corrected chi connectivity index (χ3v) is 3.16. The molecule has 0 fully saturated rings. The summed E-state index contributed by atoms with van der Waals surface area (Å²) in [6.45, 7) is 3.89. The van der Waals surface area contributed by atoms with Crippen LogP contribution in [0.1, 0.15) is 17.5 Å². The van der Waals surface area contributed by atoms with Gasteiger partial charge in [-0.05, 0) is 31.0 Å². The molecule has 0 bridgehead atoms. The number of ether oxygens (including phenoxy) is 2.